The van der Waals surface area contributed by atoms with Crippen LogP contribution in [0.1, 0.15) is 5.56 Å². The van der Waals surface area contributed by atoms with Gasteiger partial charge in [0.1, 0.15) is 6.54 Å². The first-order valence-electron chi connectivity index (χ1n) is 8.81. The van der Waals surface area contributed by atoms with Crippen molar-refractivity contribution in [3.05, 3.63) is 75.2 Å². The van der Waals surface area contributed by atoms with Crippen LogP contribution in [0.5, 0.6) is 0 Å². The lowest BCUT2D eigenvalue weighted by Crippen LogP contribution is -2.43. The van der Waals surface area contributed by atoms with Gasteiger partial charge in [0.05, 0.1) is 6.33 Å². The molecule has 0 saturated heterocycles. The highest BCUT2D eigenvalue weighted by Crippen LogP contribution is 2.15. The summed E-state index contributed by atoms with van der Waals surface area (Å²) in [6.07, 6.45) is 1.47. The number of imidazole rings is 1. The SMILES string of the molecule is Cn1cnc2c1c(=O)n(CC(=O)NCc1ccc3ccccc3c1)c(=O)n2C. The van der Waals surface area contributed by atoms with Crippen molar-refractivity contribution in [2.45, 2.75) is 13.1 Å². The molecule has 1 amide bonds. The lowest BCUT2D eigenvalue weighted by atomic mass is 10.1. The van der Waals surface area contributed by atoms with E-state index in [1.165, 1.54) is 17.9 Å². The van der Waals surface area contributed by atoms with Crippen molar-refractivity contribution in [2.24, 2.45) is 14.1 Å². The van der Waals surface area contributed by atoms with E-state index in [9.17, 15) is 14.4 Å². The summed E-state index contributed by atoms with van der Waals surface area (Å²) in [6.45, 7) is -0.0348. The maximum absolute atomic E-state index is 12.6. The van der Waals surface area contributed by atoms with E-state index in [0.29, 0.717) is 12.2 Å². The minimum atomic E-state index is -0.572. The third kappa shape index (κ3) is 2.98. The highest BCUT2D eigenvalue weighted by molar-refractivity contribution is 5.83. The minimum absolute atomic E-state index is 0.282. The van der Waals surface area contributed by atoms with Crippen molar-refractivity contribution in [3.63, 3.8) is 0 Å². The molecule has 1 N–H and O–H groups in total. The monoisotopic (exact) mass is 377 g/mol. The van der Waals surface area contributed by atoms with Crippen molar-refractivity contribution in [2.75, 3.05) is 0 Å². The lowest BCUT2D eigenvalue weighted by molar-refractivity contribution is -0.121. The first kappa shape index (κ1) is 17.7. The van der Waals surface area contributed by atoms with E-state index >= 15 is 0 Å². The quantitative estimate of drug-likeness (QED) is 0.572. The molecule has 0 radical (unpaired) electrons. The Morgan fingerprint density at radius 1 is 1.07 bits per heavy atom. The van der Waals surface area contributed by atoms with Gasteiger partial charge in [0.15, 0.2) is 11.2 Å². The minimum Gasteiger partial charge on any atom is -0.350 e. The lowest BCUT2D eigenvalue weighted by Gasteiger charge is -2.10. The van der Waals surface area contributed by atoms with Crippen LogP contribution in [0.2, 0.25) is 0 Å². The topological polar surface area (TPSA) is 90.9 Å². The number of amides is 1. The van der Waals surface area contributed by atoms with Crippen LogP contribution in [0.15, 0.2) is 58.4 Å². The van der Waals surface area contributed by atoms with Crippen LogP contribution in [0.4, 0.5) is 0 Å². The number of hydrogen-bond acceptors (Lipinski definition) is 4. The Bertz CT molecular complexity index is 1330. The second-order valence-corrected chi connectivity index (χ2v) is 6.72. The van der Waals surface area contributed by atoms with E-state index in [0.717, 1.165) is 20.9 Å². The second-order valence-electron chi connectivity index (χ2n) is 6.72. The summed E-state index contributed by atoms with van der Waals surface area (Å²) in [5.41, 5.74) is 0.417. The van der Waals surface area contributed by atoms with Gasteiger partial charge in [0.2, 0.25) is 5.91 Å². The molecule has 2 aromatic heterocycles. The van der Waals surface area contributed by atoms with Gasteiger partial charge < -0.3 is 9.88 Å². The number of rotatable bonds is 4. The van der Waals surface area contributed by atoms with Gasteiger partial charge in [-0.2, -0.15) is 0 Å². The average Bonchev–Trinajstić information content (AvgIpc) is 3.09. The predicted octanol–water partition coefficient (Wildman–Crippen LogP) is 0.903. The van der Waals surface area contributed by atoms with Crippen LogP contribution in [0, 0.1) is 0 Å². The smallest absolute Gasteiger partial charge is 0.332 e. The second kappa shape index (κ2) is 6.80. The van der Waals surface area contributed by atoms with Crippen LogP contribution in [-0.4, -0.2) is 24.6 Å². The fourth-order valence-corrected chi connectivity index (χ4v) is 3.28. The van der Waals surface area contributed by atoms with Crippen LogP contribution in [0.25, 0.3) is 21.9 Å². The number of nitrogens with zero attached hydrogens (tertiary/aromatic N) is 4. The van der Waals surface area contributed by atoms with E-state index in [1.54, 1.807) is 11.6 Å². The molecule has 2 heterocycles. The summed E-state index contributed by atoms with van der Waals surface area (Å²) < 4.78 is 3.74. The molecule has 0 atom stereocenters. The summed E-state index contributed by atoms with van der Waals surface area (Å²) in [5, 5.41) is 4.98. The van der Waals surface area contributed by atoms with Gasteiger partial charge in [0, 0.05) is 20.6 Å². The van der Waals surface area contributed by atoms with Gasteiger partial charge in [-0.05, 0) is 22.4 Å². The van der Waals surface area contributed by atoms with Crippen molar-refractivity contribution in [1.29, 1.82) is 0 Å². The molecule has 0 spiro atoms. The predicted molar refractivity (Wildman–Crippen MR) is 106 cm³/mol. The van der Waals surface area contributed by atoms with Gasteiger partial charge in [-0.15, -0.1) is 0 Å². The van der Waals surface area contributed by atoms with Gasteiger partial charge in [0.25, 0.3) is 5.56 Å². The number of carbonyl (C=O) groups is 1. The molecule has 0 aliphatic heterocycles. The molecule has 4 rings (SSSR count). The molecule has 0 unspecified atom stereocenters. The molecule has 0 aliphatic rings. The summed E-state index contributed by atoms with van der Waals surface area (Å²) >= 11 is 0. The Hall–Kier alpha value is -3.68. The number of aryl methyl sites for hydroxylation is 2. The van der Waals surface area contributed by atoms with Crippen LogP contribution in [0.3, 0.4) is 0 Å². The number of benzene rings is 2. The molecule has 8 heteroatoms. The van der Waals surface area contributed by atoms with Crippen molar-refractivity contribution in [1.82, 2.24) is 24.0 Å². The molecule has 2 aromatic carbocycles. The van der Waals surface area contributed by atoms with Gasteiger partial charge in [-0.25, -0.2) is 14.3 Å². The molecule has 0 bridgehead atoms. The first-order valence-corrected chi connectivity index (χ1v) is 8.81. The zero-order valence-electron chi connectivity index (χ0n) is 15.5. The molecule has 8 nitrogen and oxygen atoms in total. The molecule has 0 aliphatic carbocycles. The van der Waals surface area contributed by atoms with E-state index in [4.69, 9.17) is 0 Å². The molecule has 4 aromatic rings. The first-order chi connectivity index (χ1) is 13.5. The molecule has 28 heavy (non-hydrogen) atoms. The highest BCUT2D eigenvalue weighted by Gasteiger charge is 2.16. The summed E-state index contributed by atoms with van der Waals surface area (Å²) in [4.78, 5) is 41.6. The molecular weight excluding hydrogens is 358 g/mol. The van der Waals surface area contributed by atoms with E-state index in [2.05, 4.69) is 10.3 Å². The molecule has 0 fully saturated rings. The number of hydrogen-bond donors (Lipinski definition) is 1. The molecule has 0 saturated carbocycles. The van der Waals surface area contributed by atoms with Crippen molar-refractivity contribution >= 4 is 27.8 Å². The van der Waals surface area contributed by atoms with Crippen molar-refractivity contribution < 1.29 is 4.79 Å². The zero-order chi connectivity index (χ0) is 19.8. The fraction of sp³-hybridized carbons (Fsp3) is 0.200. The number of fused-ring (bicyclic) bond motifs is 2. The Kier molecular flexibility index (Phi) is 4.31. The zero-order valence-corrected chi connectivity index (χ0v) is 15.5. The maximum atomic E-state index is 12.6. The number of carbonyl (C=O) groups excluding carboxylic acids is 1. The van der Waals surface area contributed by atoms with Crippen LogP contribution < -0.4 is 16.6 Å². The van der Waals surface area contributed by atoms with E-state index < -0.39 is 17.2 Å². The van der Waals surface area contributed by atoms with E-state index in [-0.39, 0.29) is 12.1 Å². The molecule has 142 valence electrons. The van der Waals surface area contributed by atoms with Gasteiger partial charge >= 0.3 is 5.69 Å². The van der Waals surface area contributed by atoms with Gasteiger partial charge in [-0.1, -0.05) is 36.4 Å². The molecular formula is C20H19N5O3. The van der Waals surface area contributed by atoms with Crippen molar-refractivity contribution in [3.8, 4) is 0 Å². The Morgan fingerprint density at radius 2 is 1.82 bits per heavy atom. The number of nitrogens with one attached hydrogen (secondary N) is 1. The van der Waals surface area contributed by atoms with Gasteiger partial charge in [-0.3, -0.25) is 14.2 Å². The third-order valence-corrected chi connectivity index (χ3v) is 4.81. The summed E-state index contributed by atoms with van der Waals surface area (Å²) in [5.74, 6) is -0.408. The standard InChI is InChI=1S/C20H19N5O3/c1-23-12-22-18-17(23)19(27)25(20(28)24(18)2)11-16(26)21-10-13-7-8-14-5-3-4-6-15(14)9-13/h3-9,12H,10-11H2,1-2H3,(H,21,26). The van der Waals surface area contributed by atoms with E-state index in [1.807, 2.05) is 42.5 Å². The highest BCUT2D eigenvalue weighted by atomic mass is 16.2. The Balaban J connectivity index is 1.56. The maximum Gasteiger partial charge on any atom is 0.332 e. The fourth-order valence-electron chi connectivity index (χ4n) is 3.28. The Morgan fingerprint density at radius 3 is 2.61 bits per heavy atom. The normalized spacial score (nSPS) is 11.2. The summed E-state index contributed by atoms with van der Waals surface area (Å²) in [6, 6.07) is 13.9. The van der Waals surface area contributed by atoms with Crippen LogP contribution in [-0.2, 0) is 32.0 Å². The third-order valence-electron chi connectivity index (χ3n) is 4.81. The van der Waals surface area contributed by atoms with Crippen LogP contribution >= 0.6 is 0 Å². The average molecular weight is 377 g/mol. The number of aromatic nitrogens is 4. The summed E-state index contributed by atoms with van der Waals surface area (Å²) in [7, 11) is 3.20. The Labute approximate surface area is 159 Å². The largest absolute Gasteiger partial charge is 0.350 e.